The van der Waals surface area contributed by atoms with Crippen LogP contribution >= 0.6 is 0 Å². The molecular weight excluding hydrogens is 326 g/mol. The predicted molar refractivity (Wildman–Crippen MR) is 105 cm³/mol. The average molecular weight is 353 g/mol. The van der Waals surface area contributed by atoms with Crippen molar-refractivity contribution in [3.63, 3.8) is 0 Å². The van der Waals surface area contributed by atoms with Crippen LogP contribution in [-0.2, 0) is 11.3 Å². The summed E-state index contributed by atoms with van der Waals surface area (Å²) >= 11 is 0. The SMILES string of the molecule is CCCCOc1ccc(/C=C/C(=O)N(C)Cc2ccccc2)cc1OC. The minimum absolute atomic E-state index is 0.0453. The maximum Gasteiger partial charge on any atom is 0.246 e. The van der Waals surface area contributed by atoms with E-state index in [-0.39, 0.29) is 5.91 Å². The van der Waals surface area contributed by atoms with Crippen molar-refractivity contribution in [1.29, 1.82) is 0 Å². The monoisotopic (exact) mass is 353 g/mol. The second kappa shape index (κ2) is 10.3. The molecule has 0 aliphatic carbocycles. The highest BCUT2D eigenvalue weighted by molar-refractivity contribution is 5.91. The fraction of sp³-hybridized carbons (Fsp3) is 0.318. The molecule has 0 aliphatic heterocycles. The second-order valence-electron chi connectivity index (χ2n) is 6.13. The van der Waals surface area contributed by atoms with Crippen LogP contribution in [0.15, 0.2) is 54.6 Å². The number of unbranched alkanes of at least 4 members (excludes halogenated alkanes) is 1. The van der Waals surface area contributed by atoms with Crippen molar-refractivity contribution < 1.29 is 14.3 Å². The Morgan fingerprint density at radius 3 is 2.58 bits per heavy atom. The van der Waals surface area contributed by atoms with E-state index < -0.39 is 0 Å². The van der Waals surface area contributed by atoms with Gasteiger partial charge in [0.25, 0.3) is 0 Å². The number of methoxy groups -OCH3 is 1. The topological polar surface area (TPSA) is 38.8 Å². The average Bonchev–Trinajstić information content (AvgIpc) is 2.67. The Labute approximate surface area is 156 Å². The molecule has 0 unspecified atom stereocenters. The molecule has 2 rings (SSSR count). The molecule has 0 heterocycles. The first kappa shape index (κ1) is 19.6. The van der Waals surface area contributed by atoms with Gasteiger partial charge in [0.1, 0.15) is 0 Å². The molecule has 2 aromatic rings. The number of hydrogen-bond acceptors (Lipinski definition) is 3. The molecule has 0 bridgehead atoms. The van der Waals surface area contributed by atoms with Gasteiger partial charge < -0.3 is 14.4 Å². The second-order valence-corrected chi connectivity index (χ2v) is 6.13. The number of carbonyl (C=O) groups excluding carboxylic acids is 1. The van der Waals surface area contributed by atoms with E-state index in [4.69, 9.17) is 9.47 Å². The van der Waals surface area contributed by atoms with Gasteiger partial charge in [-0.1, -0.05) is 49.7 Å². The van der Waals surface area contributed by atoms with E-state index in [1.165, 1.54) is 0 Å². The molecule has 0 saturated heterocycles. The number of hydrogen-bond donors (Lipinski definition) is 0. The van der Waals surface area contributed by atoms with Crippen LogP contribution in [0.25, 0.3) is 6.08 Å². The summed E-state index contributed by atoms with van der Waals surface area (Å²) in [5.74, 6) is 1.36. The third kappa shape index (κ3) is 5.96. The van der Waals surface area contributed by atoms with E-state index in [0.717, 1.165) is 29.7 Å². The van der Waals surface area contributed by atoms with Gasteiger partial charge in [0.15, 0.2) is 11.5 Å². The van der Waals surface area contributed by atoms with E-state index in [1.807, 2.05) is 48.5 Å². The molecule has 138 valence electrons. The van der Waals surface area contributed by atoms with Crippen LogP contribution in [0.2, 0.25) is 0 Å². The lowest BCUT2D eigenvalue weighted by Crippen LogP contribution is -2.24. The Kier molecular flexibility index (Phi) is 7.75. The largest absolute Gasteiger partial charge is 0.493 e. The highest BCUT2D eigenvalue weighted by Crippen LogP contribution is 2.28. The molecule has 0 N–H and O–H groups in total. The van der Waals surface area contributed by atoms with Gasteiger partial charge in [-0.3, -0.25) is 4.79 Å². The highest BCUT2D eigenvalue weighted by Gasteiger charge is 2.07. The number of rotatable bonds is 9. The Hall–Kier alpha value is -2.75. The van der Waals surface area contributed by atoms with Crippen LogP contribution in [0.5, 0.6) is 11.5 Å². The molecular formula is C22H27NO3. The highest BCUT2D eigenvalue weighted by atomic mass is 16.5. The summed E-state index contributed by atoms with van der Waals surface area (Å²) in [5.41, 5.74) is 2.00. The van der Waals surface area contributed by atoms with Gasteiger partial charge in [-0.2, -0.15) is 0 Å². The molecule has 0 aromatic heterocycles. The first-order chi connectivity index (χ1) is 12.6. The first-order valence-electron chi connectivity index (χ1n) is 8.92. The standard InChI is InChI=1S/C22H27NO3/c1-4-5-15-26-20-13-11-18(16-21(20)25-3)12-14-22(24)23(2)17-19-9-7-6-8-10-19/h6-14,16H,4-5,15,17H2,1-3H3/b14-12+. The van der Waals surface area contributed by atoms with Crippen molar-refractivity contribution in [2.75, 3.05) is 20.8 Å². The maximum atomic E-state index is 12.3. The van der Waals surface area contributed by atoms with Crippen LogP contribution in [0.1, 0.15) is 30.9 Å². The zero-order chi connectivity index (χ0) is 18.8. The lowest BCUT2D eigenvalue weighted by molar-refractivity contribution is -0.125. The molecule has 4 heteroatoms. The normalized spacial score (nSPS) is 10.7. The minimum atomic E-state index is -0.0453. The summed E-state index contributed by atoms with van der Waals surface area (Å²) in [6.07, 6.45) is 5.46. The summed E-state index contributed by atoms with van der Waals surface area (Å²) in [5, 5.41) is 0. The van der Waals surface area contributed by atoms with Gasteiger partial charge in [-0.25, -0.2) is 0 Å². The van der Waals surface area contributed by atoms with Gasteiger partial charge in [0.2, 0.25) is 5.91 Å². The number of ether oxygens (including phenoxy) is 2. The molecule has 0 atom stereocenters. The number of amides is 1. The molecule has 26 heavy (non-hydrogen) atoms. The Bertz CT molecular complexity index is 725. The van der Waals surface area contributed by atoms with Crippen molar-refractivity contribution in [3.05, 3.63) is 65.7 Å². The van der Waals surface area contributed by atoms with Crippen LogP contribution in [0.4, 0.5) is 0 Å². The molecule has 1 amide bonds. The number of nitrogens with zero attached hydrogens (tertiary/aromatic N) is 1. The lowest BCUT2D eigenvalue weighted by Gasteiger charge is -2.15. The third-order valence-electron chi connectivity index (χ3n) is 4.00. The Morgan fingerprint density at radius 2 is 1.88 bits per heavy atom. The lowest BCUT2D eigenvalue weighted by atomic mass is 10.1. The van der Waals surface area contributed by atoms with Crippen LogP contribution in [-0.4, -0.2) is 31.6 Å². The molecule has 0 saturated carbocycles. The summed E-state index contributed by atoms with van der Waals surface area (Å²) < 4.78 is 11.1. The fourth-order valence-electron chi connectivity index (χ4n) is 2.46. The smallest absolute Gasteiger partial charge is 0.246 e. The van der Waals surface area contributed by atoms with Gasteiger partial charge in [-0.15, -0.1) is 0 Å². The van der Waals surface area contributed by atoms with Gasteiger partial charge in [-0.05, 0) is 35.8 Å². The van der Waals surface area contributed by atoms with Crippen LogP contribution in [0, 0.1) is 0 Å². The predicted octanol–water partition coefficient (Wildman–Crippen LogP) is 4.55. The molecule has 0 spiro atoms. The quantitative estimate of drug-likeness (QED) is 0.490. The first-order valence-corrected chi connectivity index (χ1v) is 8.92. The summed E-state index contributed by atoms with van der Waals surface area (Å²) in [6, 6.07) is 15.6. The maximum absolute atomic E-state index is 12.3. The number of carbonyl (C=O) groups is 1. The third-order valence-corrected chi connectivity index (χ3v) is 4.00. The number of benzene rings is 2. The van der Waals surface area contributed by atoms with Gasteiger partial charge in [0, 0.05) is 19.7 Å². The Morgan fingerprint density at radius 1 is 1.12 bits per heavy atom. The van der Waals surface area contributed by atoms with Gasteiger partial charge in [0.05, 0.1) is 13.7 Å². The van der Waals surface area contributed by atoms with E-state index in [2.05, 4.69) is 6.92 Å². The van der Waals surface area contributed by atoms with Gasteiger partial charge >= 0.3 is 0 Å². The van der Waals surface area contributed by atoms with Crippen molar-refractivity contribution >= 4 is 12.0 Å². The fourth-order valence-corrected chi connectivity index (χ4v) is 2.46. The van der Waals surface area contributed by atoms with E-state index in [1.54, 1.807) is 31.2 Å². The molecule has 0 fully saturated rings. The van der Waals surface area contributed by atoms with Crippen molar-refractivity contribution in [2.45, 2.75) is 26.3 Å². The van der Waals surface area contributed by atoms with Crippen molar-refractivity contribution in [3.8, 4) is 11.5 Å². The summed E-state index contributed by atoms with van der Waals surface area (Å²) in [6.45, 7) is 3.38. The van der Waals surface area contributed by atoms with E-state index in [9.17, 15) is 4.79 Å². The van der Waals surface area contributed by atoms with Crippen molar-refractivity contribution in [1.82, 2.24) is 4.90 Å². The van der Waals surface area contributed by atoms with Crippen LogP contribution in [0.3, 0.4) is 0 Å². The zero-order valence-corrected chi connectivity index (χ0v) is 15.8. The molecule has 2 aromatic carbocycles. The van der Waals surface area contributed by atoms with E-state index in [0.29, 0.717) is 18.9 Å². The Balaban J connectivity index is 1.98. The molecule has 4 nitrogen and oxygen atoms in total. The van der Waals surface area contributed by atoms with E-state index >= 15 is 0 Å². The molecule has 0 aliphatic rings. The summed E-state index contributed by atoms with van der Waals surface area (Å²) in [4.78, 5) is 14.0. The van der Waals surface area contributed by atoms with Crippen LogP contribution < -0.4 is 9.47 Å². The van der Waals surface area contributed by atoms with Crippen molar-refractivity contribution in [2.24, 2.45) is 0 Å². The minimum Gasteiger partial charge on any atom is -0.493 e. The summed E-state index contributed by atoms with van der Waals surface area (Å²) in [7, 11) is 3.42. The zero-order valence-electron chi connectivity index (χ0n) is 15.8. The number of likely N-dealkylation sites (N-methyl/N-ethyl adjacent to an activating group) is 1. The molecule has 0 radical (unpaired) electrons.